The molecule has 0 aliphatic carbocycles. The molecule has 0 aliphatic rings. The van der Waals surface area contributed by atoms with Crippen LogP contribution in [0.5, 0.6) is 5.75 Å². The lowest BCUT2D eigenvalue weighted by molar-refractivity contribution is 0.0950. The van der Waals surface area contributed by atoms with Gasteiger partial charge in [-0.25, -0.2) is 4.98 Å². The monoisotopic (exact) mass is 232 g/mol. The Bertz CT molecular complexity index is 479. The number of carbonyl (C=O) groups excluding carboxylic acids is 1. The van der Waals surface area contributed by atoms with Crippen molar-refractivity contribution >= 4 is 5.91 Å². The zero-order chi connectivity index (χ0) is 12.1. The first kappa shape index (κ1) is 11.1. The SMILES string of the molecule is COc1ccc(C(=O)NCc2ncn[nH]2)cc1. The molecule has 0 saturated carbocycles. The van der Waals surface area contributed by atoms with E-state index in [0.29, 0.717) is 17.9 Å². The van der Waals surface area contributed by atoms with E-state index in [0.717, 1.165) is 5.75 Å². The maximum Gasteiger partial charge on any atom is 0.251 e. The molecule has 0 spiro atoms. The summed E-state index contributed by atoms with van der Waals surface area (Å²) in [6.45, 7) is 0.324. The number of amides is 1. The summed E-state index contributed by atoms with van der Waals surface area (Å²) in [5.41, 5.74) is 0.574. The number of nitrogens with zero attached hydrogens (tertiary/aromatic N) is 2. The van der Waals surface area contributed by atoms with Gasteiger partial charge in [0, 0.05) is 5.56 Å². The Balaban J connectivity index is 1.95. The predicted octanol–water partition coefficient (Wildman–Crippen LogP) is 0.743. The fourth-order valence-electron chi connectivity index (χ4n) is 1.32. The summed E-state index contributed by atoms with van der Waals surface area (Å²) in [6.07, 6.45) is 1.40. The lowest BCUT2D eigenvalue weighted by Gasteiger charge is -2.04. The summed E-state index contributed by atoms with van der Waals surface area (Å²) < 4.78 is 5.01. The zero-order valence-electron chi connectivity index (χ0n) is 9.30. The fourth-order valence-corrected chi connectivity index (χ4v) is 1.32. The van der Waals surface area contributed by atoms with E-state index in [1.807, 2.05) is 0 Å². The van der Waals surface area contributed by atoms with Crippen molar-refractivity contribution in [3.63, 3.8) is 0 Å². The number of hydrogen-bond donors (Lipinski definition) is 2. The van der Waals surface area contributed by atoms with Crippen LogP contribution in [-0.2, 0) is 6.54 Å². The van der Waals surface area contributed by atoms with Crippen molar-refractivity contribution in [1.29, 1.82) is 0 Å². The molecule has 1 aromatic carbocycles. The lowest BCUT2D eigenvalue weighted by atomic mass is 10.2. The molecule has 6 heteroatoms. The second-order valence-electron chi connectivity index (χ2n) is 3.34. The quantitative estimate of drug-likeness (QED) is 0.815. The second-order valence-corrected chi connectivity index (χ2v) is 3.34. The Labute approximate surface area is 98.0 Å². The molecule has 1 aromatic heterocycles. The van der Waals surface area contributed by atoms with Gasteiger partial charge in [-0.1, -0.05) is 0 Å². The van der Waals surface area contributed by atoms with Gasteiger partial charge in [-0.2, -0.15) is 5.10 Å². The summed E-state index contributed by atoms with van der Waals surface area (Å²) in [5, 5.41) is 9.08. The number of methoxy groups -OCH3 is 1. The minimum absolute atomic E-state index is 0.163. The van der Waals surface area contributed by atoms with Gasteiger partial charge in [0.15, 0.2) is 0 Å². The van der Waals surface area contributed by atoms with E-state index in [2.05, 4.69) is 20.5 Å². The van der Waals surface area contributed by atoms with Crippen molar-refractivity contribution in [1.82, 2.24) is 20.5 Å². The van der Waals surface area contributed by atoms with E-state index in [-0.39, 0.29) is 5.91 Å². The van der Waals surface area contributed by atoms with Gasteiger partial charge in [0.25, 0.3) is 5.91 Å². The molecule has 2 rings (SSSR count). The third-order valence-electron chi connectivity index (χ3n) is 2.23. The minimum atomic E-state index is -0.163. The minimum Gasteiger partial charge on any atom is -0.497 e. The highest BCUT2D eigenvalue weighted by atomic mass is 16.5. The zero-order valence-corrected chi connectivity index (χ0v) is 9.30. The van der Waals surface area contributed by atoms with Crippen LogP contribution in [0.4, 0.5) is 0 Å². The van der Waals surface area contributed by atoms with Crippen molar-refractivity contribution in [3.05, 3.63) is 42.0 Å². The Morgan fingerprint density at radius 1 is 1.41 bits per heavy atom. The van der Waals surface area contributed by atoms with Crippen molar-refractivity contribution in [2.75, 3.05) is 7.11 Å². The average molecular weight is 232 g/mol. The van der Waals surface area contributed by atoms with Crippen LogP contribution >= 0.6 is 0 Å². The van der Waals surface area contributed by atoms with Gasteiger partial charge in [0.2, 0.25) is 0 Å². The lowest BCUT2D eigenvalue weighted by Crippen LogP contribution is -2.23. The summed E-state index contributed by atoms with van der Waals surface area (Å²) in [6, 6.07) is 6.88. The van der Waals surface area contributed by atoms with Crippen molar-refractivity contribution in [2.24, 2.45) is 0 Å². The number of rotatable bonds is 4. The van der Waals surface area contributed by atoms with Gasteiger partial charge in [-0.3, -0.25) is 9.89 Å². The first-order valence-corrected chi connectivity index (χ1v) is 5.06. The number of benzene rings is 1. The van der Waals surface area contributed by atoms with Crippen LogP contribution in [0.2, 0.25) is 0 Å². The molecule has 0 bridgehead atoms. The van der Waals surface area contributed by atoms with Crippen molar-refractivity contribution < 1.29 is 9.53 Å². The van der Waals surface area contributed by atoms with Crippen LogP contribution in [0.3, 0.4) is 0 Å². The van der Waals surface area contributed by atoms with E-state index >= 15 is 0 Å². The van der Waals surface area contributed by atoms with Crippen LogP contribution in [0, 0.1) is 0 Å². The number of nitrogens with one attached hydrogen (secondary N) is 2. The molecule has 6 nitrogen and oxygen atoms in total. The van der Waals surface area contributed by atoms with Crippen LogP contribution < -0.4 is 10.1 Å². The molecule has 1 amide bonds. The highest BCUT2D eigenvalue weighted by Gasteiger charge is 2.05. The Morgan fingerprint density at radius 3 is 2.76 bits per heavy atom. The van der Waals surface area contributed by atoms with Crippen molar-refractivity contribution in [2.45, 2.75) is 6.54 Å². The normalized spacial score (nSPS) is 9.94. The molecule has 0 aliphatic heterocycles. The molecule has 17 heavy (non-hydrogen) atoms. The third kappa shape index (κ3) is 2.81. The van der Waals surface area contributed by atoms with Gasteiger partial charge in [-0.05, 0) is 24.3 Å². The van der Waals surface area contributed by atoms with Crippen LogP contribution in [0.15, 0.2) is 30.6 Å². The summed E-state index contributed by atoms with van der Waals surface area (Å²) in [4.78, 5) is 15.6. The van der Waals surface area contributed by atoms with Crippen LogP contribution in [0.1, 0.15) is 16.2 Å². The van der Waals surface area contributed by atoms with Gasteiger partial charge in [-0.15, -0.1) is 0 Å². The molecular formula is C11H12N4O2. The molecule has 0 fully saturated rings. The largest absolute Gasteiger partial charge is 0.497 e. The Kier molecular flexibility index (Phi) is 3.34. The molecule has 2 aromatic rings. The van der Waals surface area contributed by atoms with E-state index in [4.69, 9.17) is 4.74 Å². The van der Waals surface area contributed by atoms with E-state index in [1.54, 1.807) is 31.4 Å². The number of ether oxygens (including phenoxy) is 1. The molecule has 88 valence electrons. The first-order chi connectivity index (χ1) is 8.29. The maximum absolute atomic E-state index is 11.7. The third-order valence-corrected chi connectivity index (χ3v) is 2.23. The topological polar surface area (TPSA) is 79.9 Å². The highest BCUT2D eigenvalue weighted by Crippen LogP contribution is 2.11. The van der Waals surface area contributed by atoms with Gasteiger partial charge < -0.3 is 10.1 Å². The fraction of sp³-hybridized carbons (Fsp3) is 0.182. The molecule has 1 heterocycles. The van der Waals surface area contributed by atoms with Crippen molar-refractivity contribution in [3.8, 4) is 5.75 Å². The van der Waals surface area contributed by atoms with E-state index in [1.165, 1.54) is 6.33 Å². The van der Waals surface area contributed by atoms with Crippen LogP contribution in [-0.4, -0.2) is 28.2 Å². The number of carbonyl (C=O) groups is 1. The second kappa shape index (κ2) is 5.11. The molecule has 2 N–H and O–H groups in total. The molecule has 0 atom stereocenters. The maximum atomic E-state index is 11.7. The standard InChI is InChI=1S/C11H12N4O2/c1-17-9-4-2-8(3-5-9)11(16)12-6-10-13-7-14-15-10/h2-5,7H,6H2,1H3,(H,12,16)(H,13,14,15). The highest BCUT2D eigenvalue weighted by molar-refractivity contribution is 5.94. The number of aromatic nitrogens is 3. The van der Waals surface area contributed by atoms with E-state index < -0.39 is 0 Å². The smallest absolute Gasteiger partial charge is 0.251 e. The Morgan fingerprint density at radius 2 is 2.18 bits per heavy atom. The Hall–Kier alpha value is -2.37. The van der Waals surface area contributed by atoms with Gasteiger partial charge in [0.1, 0.15) is 17.9 Å². The van der Waals surface area contributed by atoms with Gasteiger partial charge in [0.05, 0.1) is 13.7 Å². The predicted molar refractivity (Wildman–Crippen MR) is 60.5 cm³/mol. The molecule has 0 unspecified atom stereocenters. The first-order valence-electron chi connectivity index (χ1n) is 5.06. The molecular weight excluding hydrogens is 220 g/mol. The number of hydrogen-bond acceptors (Lipinski definition) is 4. The average Bonchev–Trinajstić information content (AvgIpc) is 2.89. The van der Waals surface area contributed by atoms with Crippen LogP contribution in [0.25, 0.3) is 0 Å². The van der Waals surface area contributed by atoms with E-state index in [9.17, 15) is 4.79 Å². The summed E-state index contributed by atoms with van der Waals surface area (Å²) in [7, 11) is 1.58. The van der Waals surface area contributed by atoms with Gasteiger partial charge >= 0.3 is 0 Å². The molecule has 0 saturated heterocycles. The summed E-state index contributed by atoms with van der Waals surface area (Å²) >= 11 is 0. The summed E-state index contributed by atoms with van der Waals surface area (Å²) in [5.74, 6) is 1.17. The number of aromatic amines is 1. The molecule has 0 radical (unpaired) electrons. The number of H-pyrrole nitrogens is 1.